The van der Waals surface area contributed by atoms with Gasteiger partial charge in [0.05, 0.1) is 35.4 Å². The zero-order valence-corrected chi connectivity index (χ0v) is 14.0. The van der Waals surface area contributed by atoms with E-state index in [1.165, 1.54) is 12.5 Å². The minimum Gasteiger partial charge on any atom is -0.472 e. The van der Waals surface area contributed by atoms with Crippen molar-refractivity contribution in [2.45, 2.75) is 25.9 Å². The standard InChI is InChI=1S/C15H20N2O5S/c1-10(2)14(18)16-4-5-17(15(19)11-3-6-22-7-11)13-9-23(20,21)8-12(13)16/h3,6-7,10,12-13H,4-5,8-9H2,1-2H3/t12-,13+/m0/s1. The molecule has 0 radical (unpaired) electrons. The average Bonchev–Trinajstić information content (AvgIpc) is 3.10. The van der Waals surface area contributed by atoms with E-state index in [1.807, 2.05) is 0 Å². The van der Waals surface area contributed by atoms with Crippen molar-refractivity contribution in [2.75, 3.05) is 24.6 Å². The van der Waals surface area contributed by atoms with Gasteiger partial charge >= 0.3 is 0 Å². The molecule has 2 atom stereocenters. The van der Waals surface area contributed by atoms with Gasteiger partial charge in [-0.1, -0.05) is 13.8 Å². The van der Waals surface area contributed by atoms with Crippen LogP contribution in [0.15, 0.2) is 23.0 Å². The van der Waals surface area contributed by atoms with Crippen LogP contribution in [0.25, 0.3) is 0 Å². The van der Waals surface area contributed by atoms with E-state index >= 15 is 0 Å². The molecule has 3 rings (SSSR count). The lowest BCUT2D eigenvalue weighted by molar-refractivity contribution is -0.139. The Kier molecular flexibility index (Phi) is 3.95. The summed E-state index contributed by atoms with van der Waals surface area (Å²) in [4.78, 5) is 28.2. The van der Waals surface area contributed by atoms with Gasteiger partial charge in [0.2, 0.25) is 5.91 Å². The van der Waals surface area contributed by atoms with Gasteiger partial charge in [-0.15, -0.1) is 0 Å². The van der Waals surface area contributed by atoms with Crippen LogP contribution in [-0.4, -0.2) is 66.7 Å². The Morgan fingerprint density at radius 3 is 2.35 bits per heavy atom. The smallest absolute Gasteiger partial charge is 0.257 e. The van der Waals surface area contributed by atoms with Gasteiger partial charge in [-0.25, -0.2) is 8.42 Å². The number of piperazine rings is 1. The monoisotopic (exact) mass is 340 g/mol. The number of rotatable bonds is 2. The van der Waals surface area contributed by atoms with E-state index in [0.717, 1.165) is 0 Å². The van der Waals surface area contributed by atoms with Crippen LogP contribution in [0, 0.1) is 5.92 Å². The third kappa shape index (κ3) is 2.87. The number of carbonyl (C=O) groups is 2. The van der Waals surface area contributed by atoms with Gasteiger partial charge in [0, 0.05) is 19.0 Å². The summed E-state index contributed by atoms with van der Waals surface area (Å²) < 4.78 is 29.1. The summed E-state index contributed by atoms with van der Waals surface area (Å²) in [6.07, 6.45) is 2.76. The number of hydrogen-bond donors (Lipinski definition) is 0. The predicted octanol–water partition coefficient (Wildman–Crippen LogP) is 0.386. The number of fused-ring (bicyclic) bond motifs is 1. The van der Waals surface area contributed by atoms with Gasteiger partial charge < -0.3 is 14.2 Å². The second-order valence-electron chi connectivity index (χ2n) is 6.41. The van der Waals surface area contributed by atoms with Crippen LogP contribution in [0.5, 0.6) is 0 Å². The van der Waals surface area contributed by atoms with Crippen LogP contribution in [0.2, 0.25) is 0 Å². The predicted molar refractivity (Wildman–Crippen MR) is 82.5 cm³/mol. The maximum Gasteiger partial charge on any atom is 0.257 e. The highest BCUT2D eigenvalue weighted by Crippen LogP contribution is 2.29. The number of furan rings is 1. The molecule has 3 heterocycles. The molecule has 0 spiro atoms. The Morgan fingerprint density at radius 2 is 1.78 bits per heavy atom. The van der Waals surface area contributed by atoms with Crippen molar-refractivity contribution in [3.63, 3.8) is 0 Å². The molecule has 23 heavy (non-hydrogen) atoms. The van der Waals surface area contributed by atoms with Gasteiger partial charge in [0.25, 0.3) is 5.91 Å². The van der Waals surface area contributed by atoms with E-state index in [0.29, 0.717) is 18.7 Å². The third-order valence-corrected chi connectivity index (χ3v) is 6.18. The molecule has 0 N–H and O–H groups in total. The van der Waals surface area contributed by atoms with Crippen molar-refractivity contribution in [1.29, 1.82) is 0 Å². The summed E-state index contributed by atoms with van der Waals surface area (Å²) >= 11 is 0. The molecule has 0 unspecified atom stereocenters. The van der Waals surface area contributed by atoms with Crippen molar-refractivity contribution < 1.29 is 22.4 Å². The van der Waals surface area contributed by atoms with E-state index in [1.54, 1.807) is 29.7 Å². The van der Waals surface area contributed by atoms with Crippen LogP contribution < -0.4 is 0 Å². The molecule has 0 bridgehead atoms. The van der Waals surface area contributed by atoms with Crippen LogP contribution in [0.3, 0.4) is 0 Å². The molecular weight excluding hydrogens is 320 g/mol. The topological polar surface area (TPSA) is 87.9 Å². The lowest BCUT2D eigenvalue weighted by Gasteiger charge is -2.44. The van der Waals surface area contributed by atoms with Crippen molar-refractivity contribution in [3.8, 4) is 0 Å². The second kappa shape index (κ2) is 5.67. The maximum atomic E-state index is 12.6. The molecule has 7 nitrogen and oxygen atoms in total. The van der Waals surface area contributed by atoms with Crippen molar-refractivity contribution in [1.82, 2.24) is 9.80 Å². The molecule has 1 aromatic rings. The number of hydrogen-bond acceptors (Lipinski definition) is 5. The summed E-state index contributed by atoms with van der Waals surface area (Å²) in [5, 5.41) is 0. The Morgan fingerprint density at radius 1 is 1.17 bits per heavy atom. The fraction of sp³-hybridized carbons (Fsp3) is 0.600. The quantitative estimate of drug-likeness (QED) is 0.777. The molecular formula is C15H20N2O5S. The second-order valence-corrected chi connectivity index (χ2v) is 8.56. The van der Waals surface area contributed by atoms with Crippen molar-refractivity contribution in [2.24, 2.45) is 5.92 Å². The third-order valence-electron chi connectivity index (χ3n) is 4.48. The fourth-order valence-electron chi connectivity index (χ4n) is 3.36. The Balaban J connectivity index is 1.90. The molecule has 2 aliphatic heterocycles. The zero-order valence-electron chi connectivity index (χ0n) is 13.1. The van der Waals surface area contributed by atoms with E-state index in [4.69, 9.17) is 4.42 Å². The highest BCUT2D eigenvalue weighted by molar-refractivity contribution is 7.91. The Bertz CT molecular complexity index is 710. The van der Waals surface area contributed by atoms with Crippen LogP contribution in [-0.2, 0) is 14.6 Å². The SMILES string of the molecule is CC(C)C(=O)N1CCN(C(=O)c2ccoc2)[C@@H]2CS(=O)(=O)C[C@@H]21. The molecule has 2 aliphatic rings. The van der Waals surface area contributed by atoms with Gasteiger partial charge in [-0.3, -0.25) is 9.59 Å². The first-order chi connectivity index (χ1) is 10.8. The first kappa shape index (κ1) is 16.0. The molecule has 2 fully saturated rings. The summed E-state index contributed by atoms with van der Waals surface area (Å²) in [6, 6.07) is 0.616. The highest BCUT2D eigenvalue weighted by Gasteiger charge is 2.49. The van der Waals surface area contributed by atoms with E-state index in [-0.39, 0.29) is 29.2 Å². The first-order valence-corrected chi connectivity index (χ1v) is 9.46. The minimum absolute atomic E-state index is 0.0625. The normalized spacial score (nSPS) is 26.4. The zero-order chi connectivity index (χ0) is 16.8. The van der Waals surface area contributed by atoms with E-state index in [9.17, 15) is 18.0 Å². The first-order valence-electron chi connectivity index (χ1n) is 7.64. The summed E-state index contributed by atoms with van der Waals surface area (Å²) in [5.74, 6) is -0.681. The van der Waals surface area contributed by atoms with E-state index < -0.39 is 21.9 Å². The lowest BCUT2D eigenvalue weighted by Crippen LogP contribution is -2.62. The number of carbonyl (C=O) groups excluding carboxylic acids is 2. The molecule has 0 aromatic carbocycles. The molecule has 0 aliphatic carbocycles. The van der Waals surface area contributed by atoms with Crippen molar-refractivity contribution in [3.05, 3.63) is 24.2 Å². The van der Waals surface area contributed by atoms with E-state index in [2.05, 4.69) is 0 Å². The van der Waals surface area contributed by atoms with Gasteiger partial charge in [0.1, 0.15) is 6.26 Å². The molecule has 8 heteroatoms. The molecule has 2 saturated heterocycles. The molecule has 2 amide bonds. The van der Waals surface area contributed by atoms with Crippen LogP contribution in [0.4, 0.5) is 0 Å². The fourth-order valence-corrected chi connectivity index (χ4v) is 5.34. The molecule has 0 saturated carbocycles. The minimum atomic E-state index is -3.27. The van der Waals surface area contributed by atoms with Gasteiger partial charge in [0.15, 0.2) is 9.84 Å². The molecule has 1 aromatic heterocycles. The lowest BCUT2D eigenvalue weighted by atomic mass is 10.0. The Labute approximate surface area is 135 Å². The van der Waals surface area contributed by atoms with Crippen LogP contribution >= 0.6 is 0 Å². The molecule has 126 valence electrons. The number of nitrogens with zero attached hydrogens (tertiary/aromatic N) is 2. The Hall–Kier alpha value is -1.83. The number of amides is 2. The number of sulfone groups is 1. The van der Waals surface area contributed by atoms with Crippen molar-refractivity contribution >= 4 is 21.7 Å². The van der Waals surface area contributed by atoms with Gasteiger partial charge in [-0.05, 0) is 6.07 Å². The summed E-state index contributed by atoms with van der Waals surface area (Å²) in [5.41, 5.74) is 0.400. The average molecular weight is 340 g/mol. The largest absolute Gasteiger partial charge is 0.472 e. The summed E-state index contributed by atoms with van der Waals surface area (Å²) in [6.45, 7) is 4.28. The van der Waals surface area contributed by atoms with Gasteiger partial charge in [-0.2, -0.15) is 0 Å². The maximum absolute atomic E-state index is 12.6. The highest BCUT2D eigenvalue weighted by atomic mass is 32.2. The van der Waals surface area contributed by atoms with Crippen LogP contribution in [0.1, 0.15) is 24.2 Å². The summed E-state index contributed by atoms with van der Waals surface area (Å²) in [7, 11) is -3.27.